The average molecular weight is 354 g/mol. The molecule has 21 heavy (non-hydrogen) atoms. The van der Waals surface area contributed by atoms with Gasteiger partial charge in [-0.3, -0.25) is 14.6 Å². The third-order valence-electron chi connectivity index (χ3n) is 3.82. The van der Waals surface area contributed by atoms with Crippen LogP contribution in [-0.2, 0) is 16.1 Å². The lowest BCUT2D eigenvalue weighted by Gasteiger charge is -2.45. The van der Waals surface area contributed by atoms with Gasteiger partial charge in [0.15, 0.2) is 0 Å². The Labute approximate surface area is 133 Å². The van der Waals surface area contributed by atoms with Gasteiger partial charge in [0, 0.05) is 23.4 Å². The van der Waals surface area contributed by atoms with E-state index in [0.29, 0.717) is 6.54 Å². The Balaban J connectivity index is 2.32. The predicted molar refractivity (Wildman–Crippen MR) is 83.3 cm³/mol. The largest absolute Gasteiger partial charge is 0.342 e. The first-order chi connectivity index (χ1) is 9.73. The fourth-order valence-electron chi connectivity index (χ4n) is 2.40. The third-order valence-corrected chi connectivity index (χ3v) is 4.25. The third kappa shape index (κ3) is 3.10. The lowest BCUT2D eigenvalue weighted by Crippen LogP contribution is -2.69. The van der Waals surface area contributed by atoms with Crippen LogP contribution in [0.3, 0.4) is 0 Å². The van der Waals surface area contributed by atoms with Crippen LogP contribution in [0, 0.1) is 5.92 Å². The molecule has 1 aromatic heterocycles. The zero-order valence-electron chi connectivity index (χ0n) is 12.7. The van der Waals surface area contributed by atoms with Crippen LogP contribution in [-0.4, -0.2) is 33.3 Å². The molecule has 1 aliphatic heterocycles. The van der Waals surface area contributed by atoms with Crippen LogP contribution in [0.1, 0.15) is 33.3 Å². The van der Waals surface area contributed by atoms with Crippen molar-refractivity contribution in [2.45, 2.75) is 45.8 Å². The Morgan fingerprint density at radius 2 is 2.05 bits per heavy atom. The minimum absolute atomic E-state index is 0.0467. The summed E-state index contributed by atoms with van der Waals surface area (Å²) in [7, 11) is 0. The van der Waals surface area contributed by atoms with Gasteiger partial charge in [-0.05, 0) is 47.3 Å². The molecule has 0 aromatic carbocycles. The van der Waals surface area contributed by atoms with Gasteiger partial charge in [-0.2, -0.15) is 0 Å². The van der Waals surface area contributed by atoms with Crippen molar-refractivity contribution in [2.75, 3.05) is 0 Å². The zero-order chi connectivity index (χ0) is 15.8. The molecule has 6 heteroatoms. The van der Waals surface area contributed by atoms with E-state index in [-0.39, 0.29) is 17.7 Å². The Hall–Kier alpha value is -1.43. The van der Waals surface area contributed by atoms with E-state index in [9.17, 15) is 9.59 Å². The highest BCUT2D eigenvalue weighted by molar-refractivity contribution is 9.10. The van der Waals surface area contributed by atoms with Gasteiger partial charge in [0.2, 0.25) is 11.8 Å². The molecule has 2 heterocycles. The van der Waals surface area contributed by atoms with E-state index in [0.717, 1.165) is 10.0 Å². The molecule has 2 amide bonds. The van der Waals surface area contributed by atoms with Gasteiger partial charge < -0.3 is 10.2 Å². The molecule has 0 aliphatic carbocycles. The summed E-state index contributed by atoms with van der Waals surface area (Å²) in [5, 5.41) is 2.83. The molecule has 0 saturated carbocycles. The fourth-order valence-corrected chi connectivity index (χ4v) is 2.81. The molecule has 1 unspecified atom stereocenters. The minimum Gasteiger partial charge on any atom is -0.342 e. The Morgan fingerprint density at radius 1 is 1.38 bits per heavy atom. The quantitative estimate of drug-likeness (QED) is 0.904. The van der Waals surface area contributed by atoms with Crippen molar-refractivity contribution < 1.29 is 9.59 Å². The Kier molecular flexibility index (Phi) is 4.37. The molecule has 114 valence electrons. The van der Waals surface area contributed by atoms with Gasteiger partial charge in [-0.1, -0.05) is 13.8 Å². The van der Waals surface area contributed by atoms with E-state index < -0.39 is 11.6 Å². The number of hydrogen-bond acceptors (Lipinski definition) is 3. The highest BCUT2D eigenvalue weighted by Gasteiger charge is 2.46. The number of rotatable bonds is 3. The van der Waals surface area contributed by atoms with Crippen LogP contribution in [0.4, 0.5) is 0 Å². The fraction of sp³-hybridized carbons (Fsp3) is 0.533. The normalized spacial score (nSPS) is 21.6. The topological polar surface area (TPSA) is 62.3 Å². The summed E-state index contributed by atoms with van der Waals surface area (Å²) in [6, 6.07) is 1.44. The van der Waals surface area contributed by atoms with Gasteiger partial charge in [0.1, 0.15) is 11.6 Å². The predicted octanol–water partition coefficient (Wildman–Crippen LogP) is 2.11. The van der Waals surface area contributed by atoms with Gasteiger partial charge in [0.25, 0.3) is 0 Å². The molecular weight excluding hydrogens is 334 g/mol. The van der Waals surface area contributed by atoms with Crippen molar-refractivity contribution in [3.8, 4) is 0 Å². The first kappa shape index (κ1) is 15.9. The number of nitrogens with one attached hydrogen (secondary N) is 1. The maximum atomic E-state index is 12.7. The molecule has 5 nitrogen and oxygen atoms in total. The van der Waals surface area contributed by atoms with Crippen LogP contribution in [0.15, 0.2) is 22.9 Å². The molecule has 0 bridgehead atoms. The number of carbonyl (C=O) groups excluding carboxylic acids is 2. The summed E-state index contributed by atoms with van der Waals surface area (Å²) in [4.78, 5) is 30.8. The van der Waals surface area contributed by atoms with E-state index in [1.165, 1.54) is 0 Å². The Morgan fingerprint density at radius 3 is 2.62 bits per heavy atom. The molecule has 1 aromatic rings. The molecule has 0 radical (unpaired) electrons. The van der Waals surface area contributed by atoms with Crippen LogP contribution in [0.25, 0.3) is 0 Å². The maximum absolute atomic E-state index is 12.7. The van der Waals surface area contributed by atoms with Crippen molar-refractivity contribution in [3.63, 3.8) is 0 Å². The highest BCUT2D eigenvalue weighted by Crippen LogP contribution is 2.26. The van der Waals surface area contributed by atoms with Crippen LogP contribution in [0.2, 0.25) is 0 Å². The van der Waals surface area contributed by atoms with Gasteiger partial charge in [0.05, 0.1) is 0 Å². The van der Waals surface area contributed by atoms with Crippen LogP contribution in [0.5, 0.6) is 0 Å². The molecule has 1 aliphatic rings. The highest BCUT2D eigenvalue weighted by atomic mass is 79.9. The van der Waals surface area contributed by atoms with Gasteiger partial charge in [-0.25, -0.2) is 0 Å². The van der Waals surface area contributed by atoms with Crippen molar-refractivity contribution in [2.24, 2.45) is 5.92 Å². The lowest BCUT2D eigenvalue weighted by atomic mass is 9.91. The maximum Gasteiger partial charge on any atom is 0.246 e. The molecular formula is C15H20BrN3O2. The molecule has 1 N–H and O–H groups in total. The Bertz CT molecular complexity index is 572. The number of aromatic nitrogens is 1. The van der Waals surface area contributed by atoms with E-state index in [4.69, 9.17) is 0 Å². The number of piperazine rings is 1. The van der Waals surface area contributed by atoms with Crippen molar-refractivity contribution in [1.82, 2.24) is 15.2 Å². The van der Waals surface area contributed by atoms with E-state index in [2.05, 4.69) is 26.2 Å². The van der Waals surface area contributed by atoms with E-state index in [1.54, 1.807) is 31.1 Å². The van der Waals surface area contributed by atoms with Crippen molar-refractivity contribution in [1.29, 1.82) is 0 Å². The summed E-state index contributed by atoms with van der Waals surface area (Å²) in [5.41, 5.74) is 0.0214. The van der Waals surface area contributed by atoms with Crippen LogP contribution < -0.4 is 5.32 Å². The number of pyridine rings is 1. The lowest BCUT2D eigenvalue weighted by molar-refractivity contribution is -0.157. The second kappa shape index (κ2) is 5.75. The number of carbonyl (C=O) groups is 2. The van der Waals surface area contributed by atoms with Gasteiger partial charge >= 0.3 is 0 Å². The van der Waals surface area contributed by atoms with E-state index in [1.807, 2.05) is 19.9 Å². The summed E-state index contributed by atoms with van der Waals surface area (Å²) in [6.45, 7) is 7.76. The first-order valence-corrected chi connectivity index (χ1v) is 7.74. The van der Waals surface area contributed by atoms with E-state index >= 15 is 0 Å². The summed E-state index contributed by atoms with van der Waals surface area (Å²) in [6.07, 6.45) is 3.40. The second-order valence-electron chi connectivity index (χ2n) is 6.19. The smallest absolute Gasteiger partial charge is 0.246 e. The van der Waals surface area contributed by atoms with Crippen molar-refractivity contribution >= 4 is 27.7 Å². The van der Waals surface area contributed by atoms with Crippen LogP contribution >= 0.6 is 15.9 Å². The monoisotopic (exact) mass is 353 g/mol. The molecule has 2 rings (SSSR count). The molecule has 1 saturated heterocycles. The number of amides is 2. The summed E-state index contributed by atoms with van der Waals surface area (Å²) < 4.78 is 0.854. The average Bonchev–Trinajstić information content (AvgIpc) is 2.39. The number of nitrogens with zero attached hydrogens (tertiary/aromatic N) is 2. The van der Waals surface area contributed by atoms with Gasteiger partial charge in [-0.15, -0.1) is 0 Å². The molecule has 1 fully saturated rings. The molecule has 0 spiro atoms. The standard InChI is InChI=1S/C15H20BrN3O2/c1-9(2)12-13(20)19(15(3,4)14(21)18-12)8-10-5-11(16)7-17-6-10/h5-7,9,12H,8H2,1-4H3,(H,18,21). The zero-order valence-corrected chi connectivity index (χ0v) is 14.3. The number of halogens is 1. The summed E-state index contributed by atoms with van der Waals surface area (Å²) in [5.74, 6) is -0.112. The first-order valence-electron chi connectivity index (χ1n) is 6.95. The minimum atomic E-state index is -0.870. The second-order valence-corrected chi connectivity index (χ2v) is 7.11. The SMILES string of the molecule is CC(C)C1NC(=O)C(C)(C)N(Cc2cncc(Br)c2)C1=O. The number of hydrogen-bond donors (Lipinski definition) is 1. The summed E-state index contributed by atoms with van der Waals surface area (Å²) >= 11 is 3.37. The molecule has 1 atom stereocenters. The van der Waals surface area contributed by atoms with Crippen molar-refractivity contribution in [3.05, 3.63) is 28.5 Å².